The Morgan fingerprint density at radius 2 is 1.93 bits per heavy atom. The summed E-state index contributed by atoms with van der Waals surface area (Å²) in [7, 11) is 0. The molecule has 3 amide bonds. The van der Waals surface area contributed by atoms with Crippen molar-refractivity contribution >= 4 is 40.6 Å². The lowest BCUT2D eigenvalue weighted by molar-refractivity contribution is -0.385. The van der Waals surface area contributed by atoms with E-state index in [2.05, 4.69) is 5.32 Å². The topological polar surface area (TPSA) is 130 Å². The van der Waals surface area contributed by atoms with E-state index >= 15 is 0 Å². The zero-order valence-electron chi connectivity index (χ0n) is 15.8. The summed E-state index contributed by atoms with van der Waals surface area (Å²) in [6.07, 6.45) is 1.31. The first kappa shape index (κ1) is 21.1. The fourth-order valence-electron chi connectivity index (χ4n) is 2.67. The SMILES string of the molecule is Cc1ccc(CNC(=O)CN2C(=O)S/C(=C\c3ccc(O)c([N+](=O)[O-])c3)C2=O)cc1. The lowest BCUT2D eigenvalue weighted by Gasteiger charge is -2.12. The van der Waals surface area contributed by atoms with Crippen molar-refractivity contribution in [3.05, 3.63) is 74.2 Å². The van der Waals surface area contributed by atoms with E-state index in [-0.39, 0.29) is 17.0 Å². The van der Waals surface area contributed by atoms with Crippen molar-refractivity contribution in [1.82, 2.24) is 10.2 Å². The predicted molar refractivity (Wildman–Crippen MR) is 110 cm³/mol. The molecular formula is C20H17N3O6S. The number of hydrogen-bond donors (Lipinski definition) is 2. The molecule has 0 aromatic heterocycles. The van der Waals surface area contributed by atoms with Gasteiger partial charge in [0.2, 0.25) is 5.91 Å². The monoisotopic (exact) mass is 427 g/mol. The van der Waals surface area contributed by atoms with Gasteiger partial charge in [0.05, 0.1) is 9.83 Å². The van der Waals surface area contributed by atoms with Crippen molar-refractivity contribution in [2.24, 2.45) is 0 Å². The van der Waals surface area contributed by atoms with Crippen LogP contribution in [0.3, 0.4) is 0 Å². The molecule has 9 nitrogen and oxygen atoms in total. The van der Waals surface area contributed by atoms with Crippen LogP contribution in [0.1, 0.15) is 16.7 Å². The van der Waals surface area contributed by atoms with Gasteiger partial charge in [0, 0.05) is 12.6 Å². The summed E-state index contributed by atoms with van der Waals surface area (Å²) in [6.45, 7) is 1.79. The number of nitro benzene ring substituents is 1. The summed E-state index contributed by atoms with van der Waals surface area (Å²) in [6, 6.07) is 11.2. The summed E-state index contributed by atoms with van der Waals surface area (Å²) >= 11 is 0.639. The summed E-state index contributed by atoms with van der Waals surface area (Å²) in [4.78, 5) is 47.9. The Hall–Kier alpha value is -3.66. The molecule has 10 heteroatoms. The van der Waals surface area contributed by atoms with Gasteiger partial charge < -0.3 is 10.4 Å². The average Bonchev–Trinajstić information content (AvgIpc) is 2.96. The number of nitro groups is 1. The molecule has 3 rings (SSSR count). The first-order chi connectivity index (χ1) is 14.2. The number of phenols is 1. The second-order valence-electron chi connectivity index (χ2n) is 6.54. The highest BCUT2D eigenvalue weighted by atomic mass is 32.2. The average molecular weight is 427 g/mol. The highest BCUT2D eigenvalue weighted by Gasteiger charge is 2.36. The minimum absolute atomic E-state index is 0.0336. The number of aromatic hydroxyl groups is 1. The number of carbonyl (C=O) groups is 3. The zero-order valence-corrected chi connectivity index (χ0v) is 16.6. The maximum atomic E-state index is 12.5. The van der Waals surface area contributed by atoms with Crippen LogP contribution in [-0.2, 0) is 16.1 Å². The Morgan fingerprint density at radius 1 is 1.23 bits per heavy atom. The van der Waals surface area contributed by atoms with Crippen LogP contribution >= 0.6 is 11.8 Å². The van der Waals surface area contributed by atoms with E-state index in [0.717, 1.165) is 28.2 Å². The molecule has 2 aromatic carbocycles. The lowest BCUT2D eigenvalue weighted by atomic mass is 10.1. The molecule has 1 aliphatic rings. The Labute approximate surface area is 175 Å². The molecule has 30 heavy (non-hydrogen) atoms. The van der Waals surface area contributed by atoms with Gasteiger partial charge in [-0.2, -0.15) is 0 Å². The van der Waals surface area contributed by atoms with Crippen LogP contribution < -0.4 is 5.32 Å². The minimum Gasteiger partial charge on any atom is -0.502 e. The van der Waals surface area contributed by atoms with Crippen molar-refractivity contribution in [3.63, 3.8) is 0 Å². The van der Waals surface area contributed by atoms with Crippen molar-refractivity contribution in [1.29, 1.82) is 0 Å². The van der Waals surface area contributed by atoms with Crippen molar-refractivity contribution in [2.75, 3.05) is 6.54 Å². The second-order valence-corrected chi connectivity index (χ2v) is 7.53. The maximum absolute atomic E-state index is 12.5. The van der Waals surface area contributed by atoms with Gasteiger partial charge in [0.25, 0.3) is 11.1 Å². The minimum atomic E-state index is -0.753. The Kier molecular flexibility index (Phi) is 6.17. The number of amides is 3. The number of phenolic OH excluding ortho intramolecular Hbond substituents is 1. The molecule has 2 aromatic rings. The summed E-state index contributed by atoms with van der Waals surface area (Å²) in [5.41, 5.74) is 1.73. The predicted octanol–water partition coefficient (Wildman–Crippen LogP) is 2.96. The normalized spacial score (nSPS) is 15.0. The largest absolute Gasteiger partial charge is 0.502 e. The van der Waals surface area contributed by atoms with Gasteiger partial charge in [-0.3, -0.25) is 29.4 Å². The van der Waals surface area contributed by atoms with E-state index in [4.69, 9.17) is 0 Å². The van der Waals surface area contributed by atoms with Gasteiger partial charge in [-0.05, 0) is 42.0 Å². The fraction of sp³-hybridized carbons (Fsp3) is 0.150. The van der Waals surface area contributed by atoms with Crippen LogP contribution in [0, 0.1) is 17.0 Å². The van der Waals surface area contributed by atoms with Crippen LogP contribution in [0.2, 0.25) is 0 Å². The molecule has 154 valence electrons. The summed E-state index contributed by atoms with van der Waals surface area (Å²) in [5.74, 6) is -1.65. The Balaban J connectivity index is 1.66. The first-order valence-electron chi connectivity index (χ1n) is 8.79. The van der Waals surface area contributed by atoms with Crippen LogP contribution in [0.25, 0.3) is 6.08 Å². The third kappa shape index (κ3) is 4.84. The molecule has 1 saturated heterocycles. The van der Waals surface area contributed by atoms with E-state index in [1.54, 1.807) is 0 Å². The standard InChI is InChI=1S/C20H17N3O6S/c1-12-2-4-13(5-3-12)10-21-18(25)11-22-19(26)17(30-20(22)27)9-14-6-7-16(24)15(8-14)23(28)29/h2-9,24H,10-11H2,1H3,(H,21,25)/b17-9-. The molecule has 1 heterocycles. The molecule has 1 fully saturated rings. The molecule has 0 spiro atoms. The van der Waals surface area contributed by atoms with E-state index in [9.17, 15) is 29.6 Å². The summed E-state index contributed by atoms with van der Waals surface area (Å²) < 4.78 is 0. The van der Waals surface area contributed by atoms with Gasteiger partial charge in [-0.25, -0.2) is 0 Å². The zero-order chi connectivity index (χ0) is 21.8. The number of thioether (sulfide) groups is 1. The molecule has 0 bridgehead atoms. The van der Waals surface area contributed by atoms with Crippen LogP contribution in [0.4, 0.5) is 10.5 Å². The Morgan fingerprint density at radius 3 is 2.60 bits per heavy atom. The number of carbonyl (C=O) groups excluding carboxylic acids is 3. The molecule has 0 aliphatic carbocycles. The summed E-state index contributed by atoms with van der Waals surface area (Å²) in [5, 5.41) is 22.5. The van der Waals surface area contributed by atoms with E-state index in [1.807, 2.05) is 31.2 Å². The van der Waals surface area contributed by atoms with Gasteiger partial charge in [0.1, 0.15) is 6.54 Å². The van der Waals surface area contributed by atoms with Gasteiger partial charge in [0.15, 0.2) is 5.75 Å². The smallest absolute Gasteiger partial charge is 0.311 e. The third-order valence-electron chi connectivity index (χ3n) is 4.28. The molecule has 0 radical (unpaired) electrons. The number of aryl methyl sites for hydroxylation is 1. The number of rotatable bonds is 6. The van der Waals surface area contributed by atoms with Crippen LogP contribution in [0.15, 0.2) is 47.4 Å². The fourth-order valence-corrected chi connectivity index (χ4v) is 3.51. The Bertz CT molecular complexity index is 1060. The van der Waals surface area contributed by atoms with Gasteiger partial charge in [-0.15, -0.1) is 0 Å². The first-order valence-corrected chi connectivity index (χ1v) is 9.61. The number of hydrogen-bond acceptors (Lipinski definition) is 7. The van der Waals surface area contributed by atoms with Crippen molar-refractivity contribution in [2.45, 2.75) is 13.5 Å². The van der Waals surface area contributed by atoms with Crippen LogP contribution in [0.5, 0.6) is 5.75 Å². The molecular weight excluding hydrogens is 410 g/mol. The molecule has 0 unspecified atom stereocenters. The van der Waals surface area contributed by atoms with Crippen molar-refractivity contribution in [3.8, 4) is 5.75 Å². The van der Waals surface area contributed by atoms with E-state index in [0.29, 0.717) is 11.8 Å². The lowest BCUT2D eigenvalue weighted by Crippen LogP contribution is -2.39. The highest BCUT2D eigenvalue weighted by molar-refractivity contribution is 8.18. The number of benzene rings is 2. The molecule has 0 atom stereocenters. The maximum Gasteiger partial charge on any atom is 0.311 e. The number of nitrogens with zero attached hydrogens (tertiary/aromatic N) is 2. The number of nitrogens with one attached hydrogen (secondary N) is 1. The van der Waals surface area contributed by atoms with Crippen LogP contribution in [-0.4, -0.2) is 38.5 Å². The van der Waals surface area contributed by atoms with E-state index < -0.39 is 40.0 Å². The molecule has 1 aliphatic heterocycles. The molecule has 2 N–H and O–H groups in total. The quantitative estimate of drug-likeness (QED) is 0.412. The van der Waals surface area contributed by atoms with Gasteiger partial charge in [-0.1, -0.05) is 35.9 Å². The van der Waals surface area contributed by atoms with Crippen molar-refractivity contribution < 1.29 is 24.4 Å². The van der Waals surface area contributed by atoms with Gasteiger partial charge >= 0.3 is 5.69 Å². The van der Waals surface area contributed by atoms with E-state index in [1.165, 1.54) is 12.1 Å². The third-order valence-corrected chi connectivity index (χ3v) is 5.19. The number of imide groups is 1. The molecule has 0 saturated carbocycles. The highest BCUT2D eigenvalue weighted by Crippen LogP contribution is 2.33. The second kappa shape index (κ2) is 8.78.